The van der Waals surface area contributed by atoms with Gasteiger partial charge in [-0.05, 0) is 47.8 Å². The van der Waals surface area contributed by atoms with Crippen LogP contribution in [0.15, 0.2) is 27.6 Å². The van der Waals surface area contributed by atoms with Crippen LogP contribution in [0.5, 0.6) is 5.75 Å². The molecular weight excluding hydrogens is 342 g/mol. The normalized spacial score (nSPS) is 17.1. The van der Waals surface area contributed by atoms with Gasteiger partial charge < -0.3 is 4.74 Å². The van der Waals surface area contributed by atoms with Crippen LogP contribution in [0, 0.1) is 0 Å². The molecule has 0 radical (unpaired) electrons. The summed E-state index contributed by atoms with van der Waals surface area (Å²) in [4.78, 5) is 0.259. The molecule has 4 nitrogen and oxygen atoms in total. The molecule has 0 saturated heterocycles. The van der Waals surface area contributed by atoms with Gasteiger partial charge in [0, 0.05) is 12.1 Å². The Morgan fingerprint density at radius 1 is 1.30 bits per heavy atom. The molecule has 1 aliphatic rings. The van der Waals surface area contributed by atoms with Gasteiger partial charge in [-0.15, -0.1) is 0 Å². The first-order chi connectivity index (χ1) is 9.53. The molecule has 112 valence electrons. The number of sulfonamides is 1. The molecule has 0 atom stereocenters. The fraction of sp³-hybridized carbons (Fsp3) is 0.571. The number of hydrogen-bond acceptors (Lipinski definition) is 3. The van der Waals surface area contributed by atoms with Gasteiger partial charge in [0.05, 0.1) is 16.0 Å². The molecule has 1 saturated carbocycles. The lowest BCUT2D eigenvalue weighted by molar-refractivity contribution is 0.337. The maximum Gasteiger partial charge on any atom is 0.240 e. The van der Waals surface area contributed by atoms with E-state index in [0.717, 1.165) is 30.2 Å². The Hall–Kier alpha value is -0.590. The lowest BCUT2D eigenvalue weighted by Gasteiger charge is -2.22. The predicted molar refractivity (Wildman–Crippen MR) is 82.5 cm³/mol. The maximum absolute atomic E-state index is 12.4. The van der Waals surface area contributed by atoms with E-state index in [0.29, 0.717) is 12.4 Å². The van der Waals surface area contributed by atoms with Crippen molar-refractivity contribution in [2.75, 3.05) is 6.61 Å². The zero-order valence-electron chi connectivity index (χ0n) is 11.6. The Kier molecular flexibility index (Phi) is 5.46. The summed E-state index contributed by atoms with van der Waals surface area (Å²) in [5.41, 5.74) is 0. The Balaban J connectivity index is 2.17. The second kappa shape index (κ2) is 6.91. The van der Waals surface area contributed by atoms with Crippen LogP contribution < -0.4 is 9.46 Å². The first-order valence-electron chi connectivity index (χ1n) is 6.97. The number of nitrogens with one attached hydrogen (secondary N) is 1. The van der Waals surface area contributed by atoms with E-state index < -0.39 is 10.0 Å². The molecule has 0 aromatic heterocycles. The Morgan fingerprint density at radius 3 is 2.65 bits per heavy atom. The molecule has 0 aliphatic heterocycles. The van der Waals surface area contributed by atoms with Gasteiger partial charge in [0.1, 0.15) is 5.75 Å². The van der Waals surface area contributed by atoms with E-state index in [1.54, 1.807) is 18.2 Å². The molecule has 1 aromatic carbocycles. The fourth-order valence-corrected chi connectivity index (χ4v) is 4.11. The minimum absolute atomic E-state index is 0.0629. The van der Waals surface area contributed by atoms with Gasteiger partial charge in [-0.2, -0.15) is 0 Å². The summed E-state index contributed by atoms with van der Waals surface area (Å²) in [7, 11) is -3.47. The van der Waals surface area contributed by atoms with Crippen molar-refractivity contribution in [2.45, 2.75) is 50.0 Å². The van der Waals surface area contributed by atoms with Crippen molar-refractivity contribution >= 4 is 26.0 Å². The average molecular weight is 362 g/mol. The van der Waals surface area contributed by atoms with Crippen LogP contribution in [0.25, 0.3) is 0 Å². The van der Waals surface area contributed by atoms with Crippen molar-refractivity contribution < 1.29 is 13.2 Å². The van der Waals surface area contributed by atoms with E-state index in [9.17, 15) is 8.42 Å². The summed E-state index contributed by atoms with van der Waals surface area (Å²) in [6.45, 7) is 2.37. The zero-order chi connectivity index (χ0) is 14.6. The summed E-state index contributed by atoms with van der Waals surface area (Å²) >= 11 is 3.36. The van der Waals surface area contributed by atoms with E-state index in [-0.39, 0.29) is 10.9 Å². The lowest BCUT2D eigenvalue weighted by Crippen LogP contribution is -2.36. The van der Waals surface area contributed by atoms with Crippen molar-refractivity contribution in [2.24, 2.45) is 0 Å². The monoisotopic (exact) mass is 361 g/mol. The van der Waals surface area contributed by atoms with Crippen LogP contribution in [-0.2, 0) is 10.0 Å². The molecule has 1 aromatic rings. The standard InChI is InChI=1S/C14H20BrNO3S/c1-2-19-14-10-12(8-9-13(14)15)20(17,18)16-11-6-4-3-5-7-11/h8-11,16H,2-7H2,1H3. The van der Waals surface area contributed by atoms with Crippen LogP contribution in [0.1, 0.15) is 39.0 Å². The summed E-state index contributed by atoms with van der Waals surface area (Å²) in [5.74, 6) is 0.555. The molecule has 6 heteroatoms. The first-order valence-corrected chi connectivity index (χ1v) is 9.25. The van der Waals surface area contributed by atoms with Gasteiger partial charge in [-0.1, -0.05) is 19.3 Å². The van der Waals surface area contributed by atoms with Crippen LogP contribution in [0.4, 0.5) is 0 Å². The Labute approximate surface area is 129 Å². The Bertz CT molecular complexity index is 554. The van der Waals surface area contributed by atoms with Crippen LogP contribution >= 0.6 is 15.9 Å². The molecular formula is C14H20BrNO3S. The molecule has 0 spiro atoms. The van der Waals surface area contributed by atoms with Gasteiger partial charge in [0.15, 0.2) is 0 Å². The minimum Gasteiger partial charge on any atom is -0.493 e. The van der Waals surface area contributed by atoms with Gasteiger partial charge in [0.25, 0.3) is 0 Å². The van der Waals surface area contributed by atoms with Crippen LogP contribution in [0.3, 0.4) is 0 Å². The number of halogens is 1. The largest absolute Gasteiger partial charge is 0.493 e. The zero-order valence-corrected chi connectivity index (χ0v) is 14.0. The van der Waals surface area contributed by atoms with Crippen molar-refractivity contribution in [3.05, 3.63) is 22.7 Å². The third-order valence-corrected chi connectivity index (χ3v) is 5.61. The molecule has 1 aliphatic carbocycles. The average Bonchev–Trinajstić information content (AvgIpc) is 2.42. The second-order valence-corrected chi connectivity index (χ2v) is 7.55. The Morgan fingerprint density at radius 2 is 2.00 bits per heavy atom. The van der Waals surface area contributed by atoms with Crippen molar-refractivity contribution in [3.63, 3.8) is 0 Å². The molecule has 0 unspecified atom stereocenters. The van der Waals surface area contributed by atoms with Crippen molar-refractivity contribution in [1.82, 2.24) is 4.72 Å². The van der Waals surface area contributed by atoms with Gasteiger partial charge >= 0.3 is 0 Å². The second-order valence-electron chi connectivity index (χ2n) is 4.98. The molecule has 0 bridgehead atoms. The van der Waals surface area contributed by atoms with E-state index in [1.165, 1.54) is 6.42 Å². The highest BCUT2D eigenvalue weighted by Crippen LogP contribution is 2.28. The maximum atomic E-state index is 12.4. The highest BCUT2D eigenvalue weighted by atomic mass is 79.9. The van der Waals surface area contributed by atoms with Gasteiger partial charge in [0.2, 0.25) is 10.0 Å². The van der Waals surface area contributed by atoms with Gasteiger partial charge in [-0.3, -0.25) is 0 Å². The number of benzene rings is 1. The van der Waals surface area contributed by atoms with E-state index >= 15 is 0 Å². The number of rotatable bonds is 5. The molecule has 1 N–H and O–H groups in total. The summed E-state index contributed by atoms with van der Waals surface area (Å²) in [6.07, 6.45) is 5.24. The fourth-order valence-electron chi connectivity index (χ4n) is 2.42. The SMILES string of the molecule is CCOc1cc(S(=O)(=O)NC2CCCCC2)ccc1Br. The smallest absolute Gasteiger partial charge is 0.240 e. The lowest BCUT2D eigenvalue weighted by atomic mass is 9.96. The van der Waals surface area contributed by atoms with Crippen LogP contribution in [-0.4, -0.2) is 21.1 Å². The topological polar surface area (TPSA) is 55.4 Å². The highest BCUT2D eigenvalue weighted by molar-refractivity contribution is 9.10. The molecule has 1 fully saturated rings. The third kappa shape index (κ3) is 3.96. The van der Waals surface area contributed by atoms with Crippen molar-refractivity contribution in [3.8, 4) is 5.75 Å². The third-order valence-electron chi connectivity index (χ3n) is 3.44. The van der Waals surface area contributed by atoms with E-state index in [4.69, 9.17) is 4.74 Å². The van der Waals surface area contributed by atoms with Gasteiger partial charge in [-0.25, -0.2) is 13.1 Å². The van der Waals surface area contributed by atoms with E-state index in [2.05, 4.69) is 20.7 Å². The molecule has 20 heavy (non-hydrogen) atoms. The molecule has 0 heterocycles. The summed E-state index contributed by atoms with van der Waals surface area (Å²) in [6, 6.07) is 4.93. The first kappa shape index (κ1) is 15.8. The number of hydrogen-bond donors (Lipinski definition) is 1. The van der Waals surface area contributed by atoms with Crippen LogP contribution in [0.2, 0.25) is 0 Å². The summed E-state index contributed by atoms with van der Waals surface area (Å²) in [5, 5.41) is 0. The molecule has 0 amide bonds. The quantitative estimate of drug-likeness (QED) is 0.873. The summed E-state index contributed by atoms with van der Waals surface area (Å²) < 4.78 is 33.8. The highest BCUT2D eigenvalue weighted by Gasteiger charge is 2.22. The number of ether oxygens (including phenoxy) is 1. The van der Waals surface area contributed by atoms with Crippen molar-refractivity contribution in [1.29, 1.82) is 0 Å². The minimum atomic E-state index is -3.47. The molecule has 2 rings (SSSR count). The predicted octanol–water partition coefficient (Wildman–Crippen LogP) is 3.46. The van der Waals surface area contributed by atoms with E-state index in [1.807, 2.05) is 6.92 Å².